The fourth-order valence-corrected chi connectivity index (χ4v) is 2.66. The Balaban J connectivity index is 1.66. The summed E-state index contributed by atoms with van der Waals surface area (Å²) in [5.41, 5.74) is 9.53. The summed E-state index contributed by atoms with van der Waals surface area (Å²) >= 11 is 0. The van der Waals surface area contributed by atoms with Gasteiger partial charge in [0, 0.05) is 11.6 Å². The summed E-state index contributed by atoms with van der Waals surface area (Å²) in [5.74, 6) is 1.80. The molecule has 0 spiro atoms. The summed E-state index contributed by atoms with van der Waals surface area (Å²) in [4.78, 5) is 4.56. The van der Waals surface area contributed by atoms with Gasteiger partial charge in [-0.2, -0.15) is 0 Å². The third kappa shape index (κ3) is 1.78. The van der Waals surface area contributed by atoms with E-state index < -0.39 is 0 Å². The SMILES string of the molecule is Nc1ccc2oc(C3CC3c3ccccc3)nc2c1. The lowest BCUT2D eigenvalue weighted by atomic mass is 10.1. The molecule has 3 aromatic rings. The standard InChI is InChI=1S/C16H14N2O/c17-11-6-7-15-14(8-11)18-16(19-15)13-9-12(13)10-4-2-1-3-5-10/h1-8,12-13H,9,17H2. The van der Waals surface area contributed by atoms with E-state index in [0.717, 1.165) is 29.1 Å². The van der Waals surface area contributed by atoms with Crippen molar-refractivity contribution in [2.24, 2.45) is 0 Å². The van der Waals surface area contributed by atoms with Gasteiger partial charge in [-0.25, -0.2) is 4.98 Å². The smallest absolute Gasteiger partial charge is 0.199 e. The molecule has 3 heteroatoms. The predicted molar refractivity (Wildman–Crippen MR) is 75.0 cm³/mol. The first-order valence-corrected chi connectivity index (χ1v) is 6.52. The number of nitrogen functional groups attached to an aromatic ring is 1. The number of nitrogens with zero attached hydrogens (tertiary/aromatic N) is 1. The van der Waals surface area contributed by atoms with Crippen LogP contribution in [0.1, 0.15) is 29.7 Å². The Morgan fingerprint density at radius 2 is 1.89 bits per heavy atom. The van der Waals surface area contributed by atoms with Crippen molar-refractivity contribution in [3.8, 4) is 0 Å². The molecule has 2 unspecified atom stereocenters. The molecule has 2 aromatic carbocycles. The van der Waals surface area contributed by atoms with E-state index >= 15 is 0 Å². The molecule has 2 N–H and O–H groups in total. The molecule has 4 rings (SSSR count). The van der Waals surface area contributed by atoms with Crippen LogP contribution in [0.5, 0.6) is 0 Å². The summed E-state index contributed by atoms with van der Waals surface area (Å²) in [5, 5.41) is 0. The maximum Gasteiger partial charge on any atom is 0.199 e. The van der Waals surface area contributed by atoms with E-state index in [9.17, 15) is 0 Å². The van der Waals surface area contributed by atoms with Crippen LogP contribution in [0.3, 0.4) is 0 Å². The molecular formula is C16H14N2O. The lowest BCUT2D eigenvalue weighted by molar-refractivity contribution is 0.529. The number of oxazole rings is 1. The quantitative estimate of drug-likeness (QED) is 0.706. The summed E-state index contributed by atoms with van der Waals surface area (Å²) < 4.78 is 5.83. The van der Waals surface area contributed by atoms with Gasteiger partial charge in [0.1, 0.15) is 5.52 Å². The molecule has 1 saturated carbocycles. The first-order valence-electron chi connectivity index (χ1n) is 6.52. The zero-order chi connectivity index (χ0) is 12.8. The van der Waals surface area contributed by atoms with Crippen molar-refractivity contribution < 1.29 is 4.42 Å². The number of benzene rings is 2. The van der Waals surface area contributed by atoms with Crippen LogP contribution in [0.4, 0.5) is 5.69 Å². The van der Waals surface area contributed by atoms with Gasteiger partial charge >= 0.3 is 0 Å². The van der Waals surface area contributed by atoms with Gasteiger partial charge in [-0.1, -0.05) is 30.3 Å². The van der Waals surface area contributed by atoms with Gasteiger partial charge in [0.15, 0.2) is 11.5 Å². The van der Waals surface area contributed by atoms with Gasteiger partial charge in [0.05, 0.1) is 0 Å². The van der Waals surface area contributed by atoms with Crippen molar-refractivity contribution >= 4 is 16.8 Å². The minimum Gasteiger partial charge on any atom is -0.440 e. The monoisotopic (exact) mass is 250 g/mol. The van der Waals surface area contributed by atoms with Gasteiger partial charge in [-0.05, 0) is 36.1 Å². The lowest BCUT2D eigenvalue weighted by Gasteiger charge is -1.96. The maximum absolute atomic E-state index is 5.83. The number of aromatic nitrogens is 1. The van der Waals surface area contributed by atoms with Crippen molar-refractivity contribution in [3.05, 3.63) is 60.0 Å². The predicted octanol–water partition coefficient (Wildman–Crippen LogP) is 3.68. The minimum atomic E-state index is 0.413. The van der Waals surface area contributed by atoms with Crippen molar-refractivity contribution in [2.75, 3.05) is 5.73 Å². The Morgan fingerprint density at radius 3 is 2.74 bits per heavy atom. The van der Waals surface area contributed by atoms with Crippen LogP contribution < -0.4 is 5.73 Å². The van der Waals surface area contributed by atoms with Gasteiger partial charge in [0.25, 0.3) is 0 Å². The number of anilines is 1. The Bertz CT molecular complexity index is 733. The Hall–Kier alpha value is -2.29. The molecule has 2 atom stereocenters. The van der Waals surface area contributed by atoms with E-state index in [1.54, 1.807) is 0 Å². The Kier molecular flexibility index (Phi) is 2.15. The van der Waals surface area contributed by atoms with Crippen LogP contribution in [0.2, 0.25) is 0 Å². The van der Waals surface area contributed by atoms with E-state index in [1.807, 2.05) is 24.3 Å². The van der Waals surface area contributed by atoms with Crippen LogP contribution in [0, 0.1) is 0 Å². The topological polar surface area (TPSA) is 52.0 Å². The highest BCUT2D eigenvalue weighted by Gasteiger charge is 2.43. The first-order chi connectivity index (χ1) is 9.31. The number of nitrogens with two attached hydrogens (primary N) is 1. The number of hydrogen-bond donors (Lipinski definition) is 1. The highest BCUT2D eigenvalue weighted by Crippen LogP contribution is 2.54. The van der Waals surface area contributed by atoms with Crippen molar-refractivity contribution in [3.63, 3.8) is 0 Å². The molecule has 94 valence electrons. The van der Waals surface area contributed by atoms with Gasteiger partial charge in [-0.3, -0.25) is 0 Å². The van der Waals surface area contributed by atoms with Crippen molar-refractivity contribution in [2.45, 2.75) is 18.3 Å². The zero-order valence-electron chi connectivity index (χ0n) is 10.4. The summed E-state index contributed by atoms with van der Waals surface area (Å²) in [6.07, 6.45) is 1.12. The number of fused-ring (bicyclic) bond motifs is 1. The first kappa shape index (κ1) is 10.6. The normalized spacial score (nSPS) is 21.7. The molecule has 3 nitrogen and oxygen atoms in total. The van der Waals surface area contributed by atoms with Crippen molar-refractivity contribution in [1.82, 2.24) is 4.98 Å². The van der Waals surface area contributed by atoms with E-state index in [2.05, 4.69) is 29.2 Å². The second-order valence-electron chi connectivity index (χ2n) is 5.14. The average molecular weight is 250 g/mol. The van der Waals surface area contributed by atoms with Crippen molar-refractivity contribution in [1.29, 1.82) is 0 Å². The van der Waals surface area contributed by atoms with Crippen LogP contribution in [-0.4, -0.2) is 4.98 Å². The Morgan fingerprint density at radius 1 is 1.05 bits per heavy atom. The summed E-state index contributed by atoms with van der Waals surface area (Å²) in [6, 6.07) is 16.1. The summed E-state index contributed by atoms with van der Waals surface area (Å²) in [7, 11) is 0. The van der Waals surface area contributed by atoms with E-state index in [4.69, 9.17) is 10.2 Å². The van der Waals surface area contributed by atoms with E-state index in [0.29, 0.717) is 11.8 Å². The fourth-order valence-electron chi connectivity index (χ4n) is 2.66. The van der Waals surface area contributed by atoms with E-state index in [1.165, 1.54) is 5.56 Å². The molecule has 0 aliphatic heterocycles. The highest BCUT2D eigenvalue weighted by atomic mass is 16.3. The minimum absolute atomic E-state index is 0.413. The second kappa shape index (κ2) is 3.85. The van der Waals surface area contributed by atoms with Gasteiger partial charge in [0.2, 0.25) is 0 Å². The molecule has 0 bridgehead atoms. The molecular weight excluding hydrogens is 236 g/mol. The van der Waals surface area contributed by atoms with Crippen LogP contribution in [0.15, 0.2) is 52.9 Å². The maximum atomic E-state index is 5.83. The summed E-state index contributed by atoms with van der Waals surface area (Å²) in [6.45, 7) is 0. The third-order valence-electron chi connectivity index (χ3n) is 3.76. The molecule has 1 aliphatic carbocycles. The van der Waals surface area contributed by atoms with Gasteiger partial charge < -0.3 is 10.2 Å². The van der Waals surface area contributed by atoms with Crippen LogP contribution in [0.25, 0.3) is 11.1 Å². The molecule has 0 saturated heterocycles. The lowest BCUT2D eigenvalue weighted by Crippen LogP contribution is -1.84. The van der Waals surface area contributed by atoms with Crippen LogP contribution in [-0.2, 0) is 0 Å². The average Bonchev–Trinajstić information content (AvgIpc) is 3.13. The molecule has 1 aromatic heterocycles. The number of hydrogen-bond acceptors (Lipinski definition) is 3. The fraction of sp³-hybridized carbons (Fsp3) is 0.188. The number of rotatable bonds is 2. The molecule has 1 fully saturated rings. The van der Waals surface area contributed by atoms with E-state index in [-0.39, 0.29) is 0 Å². The zero-order valence-corrected chi connectivity index (χ0v) is 10.4. The van der Waals surface area contributed by atoms with Crippen LogP contribution >= 0.6 is 0 Å². The Labute approximate surface area is 111 Å². The third-order valence-corrected chi connectivity index (χ3v) is 3.76. The largest absolute Gasteiger partial charge is 0.440 e. The molecule has 0 amide bonds. The molecule has 19 heavy (non-hydrogen) atoms. The highest BCUT2D eigenvalue weighted by molar-refractivity contribution is 5.76. The second-order valence-corrected chi connectivity index (χ2v) is 5.14. The molecule has 0 radical (unpaired) electrons. The van der Waals surface area contributed by atoms with Gasteiger partial charge in [-0.15, -0.1) is 0 Å². The molecule has 1 aliphatic rings. The molecule has 1 heterocycles.